The van der Waals surface area contributed by atoms with Crippen LogP contribution in [0.5, 0.6) is 0 Å². The van der Waals surface area contributed by atoms with Crippen molar-refractivity contribution in [3.8, 4) is 6.07 Å². The standard InChI is InChI=1S/C30H31F3N6O3/c1-18-25(27(40)42-3)26(24-11-10-20(16-34)14-21(24)12-13-37(2)17-19-6-4-7-19)39-28(35-36-29(39)41)38(18)23-9-5-8-22(15-23)30(31,32)33/h5,8-11,14-15,19,26H,4,6-7,12-13,17H2,1-3H3,(H,36,41)/p+1/t26-/m1/s1. The Morgan fingerprint density at radius 2 is 2.00 bits per heavy atom. The van der Waals surface area contributed by atoms with E-state index in [-0.39, 0.29) is 22.9 Å². The Bertz CT molecular complexity index is 1630. The van der Waals surface area contributed by atoms with Crippen LogP contribution in [-0.2, 0) is 22.1 Å². The molecule has 0 amide bonds. The summed E-state index contributed by atoms with van der Waals surface area (Å²) in [5.41, 5.74) is 0.709. The van der Waals surface area contributed by atoms with Gasteiger partial charge in [-0.05, 0) is 61.2 Å². The number of anilines is 2. The fraction of sp³-hybridized carbons (Fsp3) is 0.400. The highest BCUT2D eigenvalue weighted by atomic mass is 19.4. The number of methoxy groups -OCH3 is 1. The van der Waals surface area contributed by atoms with Gasteiger partial charge in [-0.3, -0.25) is 4.90 Å². The second kappa shape index (κ2) is 11.5. The quantitative estimate of drug-likeness (QED) is 0.395. The maximum atomic E-state index is 13.6. The van der Waals surface area contributed by atoms with Crippen LogP contribution in [-0.4, -0.2) is 48.0 Å². The summed E-state index contributed by atoms with van der Waals surface area (Å²) in [5, 5.41) is 16.2. The Labute approximate surface area is 240 Å². The van der Waals surface area contributed by atoms with Crippen LogP contribution in [0.4, 0.5) is 24.8 Å². The van der Waals surface area contributed by atoms with Gasteiger partial charge < -0.3 is 9.64 Å². The van der Waals surface area contributed by atoms with Gasteiger partial charge in [0.15, 0.2) is 0 Å². The lowest BCUT2D eigenvalue weighted by Crippen LogP contribution is -3.10. The van der Waals surface area contributed by atoms with Gasteiger partial charge in [0.05, 0.1) is 50.0 Å². The van der Waals surface area contributed by atoms with Crippen LogP contribution in [0, 0.1) is 17.2 Å². The predicted molar refractivity (Wildman–Crippen MR) is 148 cm³/mol. The Morgan fingerprint density at radius 3 is 2.64 bits per heavy atom. The number of hydrogen-bond donors (Lipinski definition) is 2. The number of carbonyl (C=O) groups excluding carboxylic acids is 1. The summed E-state index contributed by atoms with van der Waals surface area (Å²) in [6, 6.07) is 10.9. The van der Waals surface area contributed by atoms with Gasteiger partial charge in [-0.25, -0.2) is 19.3 Å². The molecule has 2 aromatic carbocycles. The number of halogens is 3. The zero-order chi connectivity index (χ0) is 30.2. The lowest BCUT2D eigenvalue weighted by Gasteiger charge is -2.36. The number of aromatic amines is 1. The molecule has 2 atom stereocenters. The van der Waals surface area contributed by atoms with Crippen molar-refractivity contribution in [1.82, 2.24) is 14.8 Å². The van der Waals surface area contributed by atoms with Gasteiger partial charge in [0, 0.05) is 23.7 Å². The molecule has 1 aliphatic carbocycles. The van der Waals surface area contributed by atoms with Crippen molar-refractivity contribution in [3.05, 3.63) is 86.5 Å². The Balaban J connectivity index is 1.65. The van der Waals surface area contributed by atoms with E-state index in [4.69, 9.17) is 4.74 Å². The number of allylic oxidation sites excluding steroid dienone is 1. The Hall–Kier alpha value is -4.37. The van der Waals surface area contributed by atoms with Crippen LogP contribution in [0.1, 0.15) is 54.5 Å². The number of ether oxygens (including phenoxy) is 1. The second-order valence-electron chi connectivity index (χ2n) is 11.0. The predicted octanol–water partition coefficient (Wildman–Crippen LogP) is 3.51. The molecular weight excluding hydrogens is 549 g/mol. The van der Waals surface area contributed by atoms with E-state index >= 15 is 0 Å². The highest BCUT2D eigenvalue weighted by Gasteiger charge is 2.41. The van der Waals surface area contributed by atoms with Crippen LogP contribution < -0.4 is 15.5 Å². The zero-order valence-electron chi connectivity index (χ0n) is 23.6. The van der Waals surface area contributed by atoms with Gasteiger partial charge in [-0.2, -0.15) is 18.4 Å². The van der Waals surface area contributed by atoms with Crippen molar-refractivity contribution in [2.24, 2.45) is 5.92 Å². The normalized spacial score (nSPS) is 17.8. The Morgan fingerprint density at radius 1 is 1.24 bits per heavy atom. The molecule has 0 radical (unpaired) electrons. The van der Waals surface area contributed by atoms with Crippen molar-refractivity contribution in [2.45, 2.75) is 44.8 Å². The molecule has 1 aliphatic heterocycles. The largest absolute Gasteiger partial charge is 0.466 e. The van der Waals surface area contributed by atoms with Crippen LogP contribution in [0.3, 0.4) is 0 Å². The molecule has 12 heteroatoms. The van der Waals surface area contributed by atoms with Crippen molar-refractivity contribution in [1.29, 1.82) is 5.26 Å². The van der Waals surface area contributed by atoms with Gasteiger partial charge in [0.1, 0.15) is 6.04 Å². The summed E-state index contributed by atoms with van der Waals surface area (Å²) in [4.78, 5) is 29.3. The van der Waals surface area contributed by atoms with E-state index in [2.05, 4.69) is 23.3 Å². The zero-order valence-corrected chi connectivity index (χ0v) is 23.6. The Kier molecular flexibility index (Phi) is 7.97. The minimum atomic E-state index is -4.60. The van der Waals surface area contributed by atoms with Crippen LogP contribution in [0.2, 0.25) is 0 Å². The number of aromatic nitrogens is 3. The highest BCUT2D eigenvalue weighted by molar-refractivity contribution is 5.93. The summed E-state index contributed by atoms with van der Waals surface area (Å²) in [6.45, 7) is 3.40. The van der Waals surface area contributed by atoms with E-state index < -0.39 is 29.4 Å². The number of H-pyrrole nitrogens is 1. The summed E-state index contributed by atoms with van der Waals surface area (Å²) in [5.74, 6) is -0.00700. The van der Waals surface area contributed by atoms with Gasteiger partial charge in [0.2, 0.25) is 5.95 Å². The minimum absolute atomic E-state index is 0.0255. The summed E-state index contributed by atoms with van der Waals surface area (Å²) in [7, 11) is 3.34. The number of nitriles is 1. The first-order chi connectivity index (χ1) is 20.0. The highest BCUT2D eigenvalue weighted by Crippen LogP contribution is 2.43. The number of rotatable bonds is 8. The number of fused-ring (bicyclic) bond motifs is 1. The molecule has 0 spiro atoms. The lowest BCUT2D eigenvalue weighted by molar-refractivity contribution is -0.883. The number of benzene rings is 2. The number of nitrogens with zero attached hydrogens (tertiary/aromatic N) is 4. The van der Waals surface area contributed by atoms with Crippen molar-refractivity contribution in [2.75, 3.05) is 32.1 Å². The number of quaternary nitrogens is 1. The molecule has 1 unspecified atom stereocenters. The van der Waals surface area contributed by atoms with Crippen LogP contribution in [0.25, 0.3) is 0 Å². The molecule has 220 valence electrons. The third kappa shape index (κ3) is 5.44. The SMILES string of the molecule is COC(=O)C1=C(C)N(c2cccc(C(F)(F)F)c2)c2n[nH]c(=O)n2[C@@H]1c1ccc(C#N)cc1CC[NH+](C)CC1CCC1. The first-order valence-corrected chi connectivity index (χ1v) is 13.8. The summed E-state index contributed by atoms with van der Waals surface area (Å²) in [6.07, 6.45) is -0.305. The van der Waals surface area contributed by atoms with Gasteiger partial charge in [-0.1, -0.05) is 18.6 Å². The summed E-state index contributed by atoms with van der Waals surface area (Å²) >= 11 is 0. The molecule has 2 aliphatic rings. The number of nitrogens with one attached hydrogen (secondary N) is 2. The molecule has 42 heavy (non-hydrogen) atoms. The minimum Gasteiger partial charge on any atom is -0.466 e. The van der Waals surface area contributed by atoms with Gasteiger partial charge in [0.25, 0.3) is 0 Å². The number of likely N-dealkylation sites (N-methyl/N-ethyl adjacent to an activating group) is 1. The molecule has 3 aromatic rings. The maximum absolute atomic E-state index is 13.6. The smallest absolute Gasteiger partial charge is 0.416 e. The van der Waals surface area contributed by atoms with Crippen molar-refractivity contribution in [3.63, 3.8) is 0 Å². The van der Waals surface area contributed by atoms with E-state index in [1.54, 1.807) is 25.1 Å². The molecule has 2 heterocycles. The molecule has 0 bridgehead atoms. The van der Waals surface area contributed by atoms with E-state index in [0.717, 1.165) is 30.8 Å². The van der Waals surface area contributed by atoms with E-state index in [1.807, 2.05) is 0 Å². The number of esters is 1. The molecule has 1 fully saturated rings. The fourth-order valence-electron chi connectivity index (χ4n) is 5.88. The third-order valence-electron chi connectivity index (χ3n) is 8.23. The first kappa shape index (κ1) is 29.1. The molecule has 1 aromatic heterocycles. The number of hydrogen-bond acceptors (Lipinski definition) is 6. The summed E-state index contributed by atoms with van der Waals surface area (Å²) < 4.78 is 47.2. The number of carbonyl (C=O) groups is 1. The first-order valence-electron chi connectivity index (χ1n) is 13.8. The molecule has 0 saturated heterocycles. The monoisotopic (exact) mass is 581 g/mol. The van der Waals surface area contributed by atoms with E-state index in [9.17, 15) is 28.0 Å². The third-order valence-corrected chi connectivity index (χ3v) is 8.23. The van der Waals surface area contributed by atoms with Crippen LogP contribution in [0.15, 0.2) is 58.5 Å². The van der Waals surface area contributed by atoms with Crippen LogP contribution >= 0.6 is 0 Å². The average molecular weight is 582 g/mol. The van der Waals surface area contributed by atoms with E-state index in [1.165, 1.54) is 52.9 Å². The number of alkyl halides is 3. The maximum Gasteiger partial charge on any atom is 0.416 e. The lowest BCUT2D eigenvalue weighted by atomic mass is 9.85. The fourth-order valence-corrected chi connectivity index (χ4v) is 5.88. The topological polar surface area (TPSA) is 108 Å². The second-order valence-corrected chi connectivity index (χ2v) is 11.0. The molecular formula is C30H32F3N6O3+. The average Bonchev–Trinajstić information content (AvgIpc) is 3.32. The molecule has 1 saturated carbocycles. The van der Waals surface area contributed by atoms with Gasteiger partial charge >= 0.3 is 17.8 Å². The van der Waals surface area contributed by atoms with E-state index in [0.29, 0.717) is 23.5 Å². The molecule has 5 rings (SSSR count). The molecule has 9 nitrogen and oxygen atoms in total. The molecule has 2 N–H and O–H groups in total. The van der Waals surface area contributed by atoms with Crippen molar-refractivity contribution < 1.29 is 27.6 Å². The van der Waals surface area contributed by atoms with Crippen molar-refractivity contribution >= 4 is 17.6 Å². The van der Waals surface area contributed by atoms with Gasteiger partial charge in [-0.15, -0.1) is 5.10 Å².